The summed E-state index contributed by atoms with van der Waals surface area (Å²) in [6.45, 7) is 19.6. The van der Waals surface area contributed by atoms with Crippen molar-refractivity contribution in [1.29, 1.82) is 0 Å². The molecule has 0 amide bonds. The van der Waals surface area contributed by atoms with E-state index in [2.05, 4.69) is 84.0 Å². The SMILES string of the molecule is C=C(C)C1CC[C@]2(C(=O)O)CC[C@]3(C)C(CCC4[C@@]5(C)Cc6c(n(C)c7ccccc67)C(C)(C)C5CC[C@]43C)C12. The van der Waals surface area contributed by atoms with E-state index in [1.807, 2.05) is 0 Å². The Morgan fingerprint density at radius 3 is 2.35 bits per heavy atom. The molecule has 4 fully saturated rings. The first kappa shape index (κ1) is 26.8. The predicted molar refractivity (Wildman–Crippen MR) is 163 cm³/mol. The van der Waals surface area contributed by atoms with Crippen LogP contribution in [0, 0.1) is 51.2 Å². The van der Waals surface area contributed by atoms with Crippen LogP contribution in [0.15, 0.2) is 36.4 Å². The Morgan fingerprint density at radius 2 is 1.65 bits per heavy atom. The van der Waals surface area contributed by atoms with E-state index in [0.717, 1.165) is 25.7 Å². The van der Waals surface area contributed by atoms with Gasteiger partial charge < -0.3 is 9.67 Å². The summed E-state index contributed by atoms with van der Waals surface area (Å²) in [5, 5.41) is 12.1. The molecule has 9 atom stereocenters. The zero-order valence-corrected chi connectivity index (χ0v) is 26.1. The van der Waals surface area contributed by atoms with Crippen LogP contribution in [0.25, 0.3) is 10.9 Å². The number of carboxylic acid groups (broad SMARTS) is 1. The molecule has 5 aliphatic rings. The van der Waals surface area contributed by atoms with Gasteiger partial charge in [-0.05, 0) is 122 Å². The normalized spacial score (nSPS) is 45.1. The largest absolute Gasteiger partial charge is 0.481 e. The third-order valence-electron chi connectivity index (χ3n) is 15.0. The fourth-order valence-corrected chi connectivity index (χ4v) is 13.3. The highest BCUT2D eigenvalue weighted by Gasteiger charge is 2.72. The van der Waals surface area contributed by atoms with Crippen LogP contribution in [0.5, 0.6) is 0 Å². The third-order valence-corrected chi connectivity index (χ3v) is 15.0. The number of allylic oxidation sites excluding steroid dienone is 1. The number of para-hydroxylation sites is 1. The highest BCUT2D eigenvalue weighted by molar-refractivity contribution is 5.86. The van der Waals surface area contributed by atoms with Gasteiger partial charge in [-0.2, -0.15) is 0 Å². The average molecular weight is 542 g/mol. The standard InChI is InChI=1S/C37H51NO2/c1-22(2)23-15-18-37(32(39)40)20-19-35(6)26(30(23)37)13-14-29-34(5)21-25-24-11-9-10-12-27(24)38(8)31(25)33(3,4)28(34)16-17-36(29,35)7/h9-12,23,26,28-30H,1,13-21H2,2-8H3,(H,39,40)/t23?,26?,28?,29?,30?,34-,35+,36+,37-/m0/s1. The molecule has 0 saturated heterocycles. The van der Waals surface area contributed by atoms with Gasteiger partial charge in [0.15, 0.2) is 0 Å². The molecule has 1 aromatic heterocycles. The molecule has 1 aromatic carbocycles. The molecule has 0 spiro atoms. The lowest BCUT2D eigenvalue weighted by Gasteiger charge is -2.72. The molecular formula is C37H51NO2. The topological polar surface area (TPSA) is 42.2 Å². The van der Waals surface area contributed by atoms with Crippen molar-refractivity contribution in [2.45, 2.75) is 105 Å². The average Bonchev–Trinajstić information content (AvgIpc) is 3.42. The Labute approximate surface area is 241 Å². The molecule has 5 aliphatic carbocycles. The van der Waals surface area contributed by atoms with E-state index in [9.17, 15) is 9.90 Å². The Morgan fingerprint density at radius 1 is 0.925 bits per heavy atom. The first-order valence-electron chi connectivity index (χ1n) is 16.2. The van der Waals surface area contributed by atoms with Crippen molar-refractivity contribution < 1.29 is 9.90 Å². The lowest BCUT2D eigenvalue weighted by atomic mass is 9.32. The number of aliphatic carboxylic acids is 1. The minimum absolute atomic E-state index is 0.122. The van der Waals surface area contributed by atoms with E-state index >= 15 is 0 Å². The van der Waals surface area contributed by atoms with Gasteiger partial charge in [-0.25, -0.2) is 0 Å². The van der Waals surface area contributed by atoms with Gasteiger partial charge in [-0.3, -0.25) is 4.79 Å². The Kier molecular flexibility index (Phi) is 5.42. The molecule has 40 heavy (non-hydrogen) atoms. The fourth-order valence-electron chi connectivity index (χ4n) is 13.3. The van der Waals surface area contributed by atoms with Gasteiger partial charge in [0.05, 0.1) is 5.41 Å². The Balaban J connectivity index is 1.34. The van der Waals surface area contributed by atoms with Crippen molar-refractivity contribution in [1.82, 2.24) is 4.57 Å². The quantitative estimate of drug-likeness (QED) is 0.386. The number of aromatic nitrogens is 1. The van der Waals surface area contributed by atoms with E-state index in [-0.39, 0.29) is 27.6 Å². The molecule has 216 valence electrons. The molecule has 1 heterocycles. The van der Waals surface area contributed by atoms with Crippen LogP contribution < -0.4 is 0 Å². The first-order chi connectivity index (χ1) is 18.7. The molecule has 3 heteroatoms. The lowest BCUT2D eigenvalue weighted by Crippen LogP contribution is -2.67. The summed E-state index contributed by atoms with van der Waals surface area (Å²) < 4.78 is 2.51. The monoisotopic (exact) mass is 541 g/mol. The second-order valence-corrected chi connectivity index (χ2v) is 16.4. The molecule has 3 nitrogen and oxygen atoms in total. The number of carbonyl (C=O) groups is 1. The van der Waals surface area contributed by atoms with Crippen LogP contribution >= 0.6 is 0 Å². The number of nitrogens with zero attached hydrogens (tertiary/aromatic N) is 1. The van der Waals surface area contributed by atoms with Gasteiger partial charge >= 0.3 is 5.97 Å². The molecule has 7 rings (SSSR count). The summed E-state index contributed by atoms with van der Waals surface area (Å²) in [6, 6.07) is 9.08. The van der Waals surface area contributed by atoms with Crippen molar-refractivity contribution in [3.05, 3.63) is 47.7 Å². The predicted octanol–water partition coefficient (Wildman–Crippen LogP) is 8.93. The van der Waals surface area contributed by atoms with Crippen molar-refractivity contribution in [2.75, 3.05) is 0 Å². The molecule has 0 aliphatic heterocycles. The van der Waals surface area contributed by atoms with E-state index in [1.165, 1.54) is 48.6 Å². The molecular weight excluding hydrogens is 490 g/mol. The Hall–Kier alpha value is -2.03. The first-order valence-corrected chi connectivity index (χ1v) is 16.2. The number of aryl methyl sites for hydroxylation is 1. The summed E-state index contributed by atoms with van der Waals surface area (Å²) in [5.41, 5.74) is 6.00. The molecule has 0 radical (unpaired) electrons. The second kappa shape index (κ2) is 8.07. The van der Waals surface area contributed by atoms with Gasteiger partial charge in [-0.15, -0.1) is 0 Å². The van der Waals surface area contributed by atoms with Gasteiger partial charge in [0.1, 0.15) is 0 Å². The van der Waals surface area contributed by atoms with Crippen molar-refractivity contribution >= 4 is 16.9 Å². The zero-order chi connectivity index (χ0) is 28.6. The number of hydrogen-bond acceptors (Lipinski definition) is 1. The molecule has 0 bridgehead atoms. The maximum atomic E-state index is 13.0. The summed E-state index contributed by atoms with van der Waals surface area (Å²) in [7, 11) is 2.29. The summed E-state index contributed by atoms with van der Waals surface area (Å²) in [4.78, 5) is 13.0. The van der Waals surface area contributed by atoms with Crippen LogP contribution in [0.4, 0.5) is 0 Å². The van der Waals surface area contributed by atoms with E-state index < -0.39 is 11.4 Å². The number of rotatable bonds is 2. The molecule has 1 N–H and O–H groups in total. The van der Waals surface area contributed by atoms with Gasteiger partial charge in [0.25, 0.3) is 0 Å². The highest BCUT2D eigenvalue weighted by Crippen LogP contribution is 2.77. The second-order valence-electron chi connectivity index (χ2n) is 16.4. The van der Waals surface area contributed by atoms with E-state index in [4.69, 9.17) is 0 Å². The van der Waals surface area contributed by atoms with Crippen molar-refractivity contribution in [2.24, 2.45) is 58.3 Å². The van der Waals surface area contributed by atoms with Crippen molar-refractivity contribution in [3.63, 3.8) is 0 Å². The van der Waals surface area contributed by atoms with Crippen molar-refractivity contribution in [3.8, 4) is 0 Å². The van der Waals surface area contributed by atoms with Crippen LogP contribution in [-0.2, 0) is 23.7 Å². The third kappa shape index (κ3) is 2.91. The number of carboxylic acids is 1. The van der Waals surface area contributed by atoms with Crippen LogP contribution in [0.3, 0.4) is 0 Å². The van der Waals surface area contributed by atoms with Crippen LogP contribution in [0.2, 0.25) is 0 Å². The van der Waals surface area contributed by atoms with Crippen LogP contribution in [-0.4, -0.2) is 15.6 Å². The molecule has 2 aromatic rings. The smallest absolute Gasteiger partial charge is 0.309 e. The lowest BCUT2D eigenvalue weighted by molar-refractivity contribution is -0.227. The fraction of sp³-hybridized carbons (Fsp3) is 0.703. The van der Waals surface area contributed by atoms with E-state index in [0.29, 0.717) is 23.7 Å². The zero-order valence-electron chi connectivity index (χ0n) is 26.1. The molecule has 5 unspecified atom stereocenters. The minimum atomic E-state index is -0.539. The maximum Gasteiger partial charge on any atom is 0.309 e. The van der Waals surface area contributed by atoms with Gasteiger partial charge in [0, 0.05) is 29.1 Å². The highest BCUT2D eigenvalue weighted by atomic mass is 16.4. The number of benzene rings is 1. The molecule has 4 saturated carbocycles. The summed E-state index contributed by atoms with van der Waals surface area (Å²) in [6.07, 6.45) is 9.93. The van der Waals surface area contributed by atoms with Gasteiger partial charge in [-0.1, -0.05) is 65.0 Å². The minimum Gasteiger partial charge on any atom is -0.481 e. The number of fused-ring (bicyclic) bond motifs is 10. The summed E-state index contributed by atoms with van der Waals surface area (Å²) in [5.74, 6) is 1.88. The Bertz CT molecular complexity index is 1430. The number of hydrogen-bond donors (Lipinski definition) is 1. The van der Waals surface area contributed by atoms with E-state index in [1.54, 1.807) is 11.3 Å². The summed E-state index contributed by atoms with van der Waals surface area (Å²) >= 11 is 0. The maximum absolute atomic E-state index is 13.0. The van der Waals surface area contributed by atoms with Gasteiger partial charge in [0.2, 0.25) is 0 Å². The van der Waals surface area contributed by atoms with Crippen LogP contribution in [0.1, 0.15) is 104 Å².